The van der Waals surface area contributed by atoms with Gasteiger partial charge in [-0.1, -0.05) is 11.6 Å². The Morgan fingerprint density at radius 1 is 1.44 bits per heavy atom. The molecule has 2 aromatic heterocycles. The van der Waals surface area contributed by atoms with Crippen molar-refractivity contribution >= 4 is 33.5 Å². The summed E-state index contributed by atoms with van der Waals surface area (Å²) >= 11 is 5.96. The summed E-state index contributed by atoms with van der Waals surface area (Å²) in [5.74, 6) is 0. The third-order valence-corrected chi connectivity index (χ3v) is 2.97. The lowest BCUT2D eigenvalue weighted by atomic mass is 10.2. The van der Waals surface area contributed by atoms with Crippen LogP contribution in [0.5, 0.6) is 0 Å². The molecule has 1 aromatic carbocycles. The van der Waals surface area contributed by atoms with Crippen molar-refractivity contribution in [2.75, 3.05) is 0 Å². The second-order valence-corrected chi connectivity index (χ2v) is 4.09. The molecule has 0 unspecified atom stereocenters. The number of imidazole rings is 1. The number of rotatable bonds is 0. The standard InChI is InChI=1S/C11H8ClN3O/c1-15-8-3-2-6(12)4-7(8)9-10(11(15)16)14-5-13-9/h2-5H,1H3,(H,13,14). The maximum absolute atomic E-state index is 11.9. The summed E-state index contributed by atoms with van der Waals surface area (Å²) in [5.41, 5.74) is 1.91. The SMILES string of the molecule is Cn1c(=O)c2nc[nH]c2c2cc(Cl)ccc21. The van der Waals surface area contributed by atoms with Crippen LogP contribution in [0, 0.1) is 0 Å². The van der Waals surface area contributed by atoms with Gasteiger partial charge >= 0.3 is 0 Å². The van der Waals surface area contributed by atoms with Crippen LogP contribution in [0.25, 0.3) is 21.9 Å². The molecule has 0 amide bonds. The zero-order valence-electron chi connectivity index (χ0n) is 8.49. The Bertz CT molecular complexity index is 757. The predicted molar refractivity (Wildman–Crippen MR) is 63.9 cm³/mol. The lowest BCUT2D eigenvalue weighted by molar-refractivity contribution is 0.915. The van der Waals surface area contributed by atoms with Crippen molar-refractivity contribution in [1.82, 2.24) is 14.5 Å². The molecule has 2 heterocycles. The number of aryl methyl sites for hydroxylation is 1. The largest absolute Gasteiger partial charge is 0.344 e. The normalized spacial score (nSPS) is 11.4. The highest BCUT2D eigenvalue weighted by Gasteiger charge is 2.10. The molecule has 0 fully saturated rings. The Labute approximate surface area is 95.5 Å². The van der Waals surface area contributed by atoms with Gasteiger partial charge in [-0.3, -0.25) is 4.79 Å². The van der Waals surface area contributed by atoms with E-state index in [2.05, 4.69) is 9.97 Å². The monoisotopic (exact) mass is 233 g/mol. The van der Waals surface area contributed by atoms with Crippen LogP contribution in [0.2, 0.25) is 5.02 Å². The van der Waals surface area contributed by atoms with Gasteiger partial charge in [-0.05, 0) is 18.2 Å². The molecule has 0 atom stereocenters. The molecule has 3 rings (SSSR count). The third kappa shape index (κ3) is 1.10. The van der Waals surface area contributed by atoms with E-state index in [1.807, 2.05) is 12.1 Å². The molecule has 0 aliphatic rings. The van der Waals surface area contributed by atoms with Gasteiger partial charge in [0.15, 0.2) is 5.52 Å². The van der Waals surface area contributed by atoms with Crippen molar-refractivity contribution in [3.05, 3.63) is 39.9 Å². The topological polar surface area (TPSA) is 50.7 Å². The number of H-pyrrole nitrogens is 1. The van der Waals surface area contributed by atoms with Gasteiger partial charge in [0, 0.05) is 17.5 Å². The van der Waals surface area contributed by atoms with E-state index in [9.17, 15) is 4.79 Å². The molecule has 0 aliphatic carbocycles. The Morgan fingerprint density at radius 2 is 2.25 bits per heavy atom. The van der Waals surface area contributed by atoms with Gasteiger partial charge in [-0.2, -0.15) is 0 Å². The van der Waals surface area contributed by atoms with Crippen molar-refractivity contribution < 1.29 is 0 Å². The van der Waals surface area contributed by atoms with E-state index < -0.39 is 0 Å². The van der Waals surface area contributed by atoms with E-state index in [1.54, 1.807) is 17.7 Å². The first kappa shape index (κ1) is 9.42. The summed E-state index contributed by atoms with van der Waals surface area (Å²) in [5, 5.41) is 1.55. The van der Waals surface area contributed by atoms with E-state index in [0.717, 1.165) is 16.4 Å². The molecule has 0 saturated heterocycles. The number of benzene rings is 1. The van der Waals surface area contributed by atoms with Gasteiger partial charge in [0.2, 0.25) is 0 Å². The molecule has 3 aromatic rings. The molecule has 80 valence electrons. The van der Waals surface area contributed by atoms with Gasteiger partial charge in [-0.15, -0.1) is 0 Å². The first-order chi connectivity index (χ1) is 7.68. The van der Waals surface area contributed by atoms with Crippen molar-refractivity contribution in [2.45, 2.75) is 0 Å². The number of hydrogen-bond donors (Lipinski definition) is 1. The molecule has 5 heteroatoms. The second-order valence-electron chi connectivity index (χ2n) is 3.65. The molecule has 1 N–H and O–H groups in total. The third-order valence-electron chi connectivity index (χ3n) is 2.74. The van der Waals surface area contributed by atoms with E-state index in [-0.39, 0.29) is 5.56 Å². The van der Waals surface area contributed by atoms with Crippen molar-refractivity contribution in [1.29, 1.82) is 0 Å². The Kier molecular flexibility index (Phi) is 1.82. The van der Waals surface area contributed by atoms with Crippen molar-refractivity contribution in [3.63, 3.8) is 0 Å². The highest BCUT2D eigenvalue weighted by Crippen LogP contribution is 2.23. The van der Waals surface area contributed by atoms with Crippen LogP contribution in [0.1, 0.15) is 0 Å². The number of halogens is 1. The Morgan fingerprint density at radius 3 is 3.06 bits per heavy atom. The average Bonchev–Trinajstić information content (AvgIpc) is 2.75. The van der Waals surface area contributed by atoms with Gasteiger partial charge in [-0.25, -0.2) is 4.98 Å². The minimum Gasteiger partial charge on any atom is -0.344 e. The number of nitrogens with one attached hydrogen (secondary N) is 1. The second kappa shape index (κ2) is 3.09. The van der Waals surface area contributed by atoms with Crippen LogP contribution in [-0.2, 0) is 7.05 Å². The van der Waals surface area contributed by atoms with Gasteiger partial charge in [0.25, 0.3) is 5.56 Å². The quantitative estimate of drug-likeness (QED) is 0.646. The minimum atomic E-state index is -0.105. The fourth-order valence-electron chi connectivity index (χ4n) is 1.93. The summed E-state index contributed by atoms with van der Waals surface area (Å²) in [4.78, 5) is 18.9. The first-order valence-corrected chi connectivity index (χ1v) is 5.17. The molecule has 4 nitrogen and oxygen atoms in total. The van der Waals surface area contributed by atoms with E-state index in [4.69, 9.17) is 11.6 Å². The average molecular weight is 234 g/mol. The number of fused-ring (bicyclic) bond motifs is 3. The number of nitrogens with zero attached hydrogens (tertiary/aromatic N) is 2. The number of pyridine rings is 1. The smallest absolute Gasteiger partial charge is 0.278 e. The van der Waals surface area contributed by atoms with Gasteiger partial charge < -0.3 is 9.55 Å². The first-order valence-electron chi connectivity index (χ1n) is 4.80. The van der Waals surface area contributed by atoms with Crippen LogP contribution in [0.15, 0.2) is 29.3 Å². The lowest BCUT2D eigenvalue weighted by Crippen LogP contribution is -2.17. The predicted octanol–water partition coefficient (Wildman–Crippen LogP) is 2.07. The molecule has 0 spiro atoms. The molecular formula is C11H8ClN3O. The summed E-state index contributed by atoms with van der Waals surface area (Å²) < 4.78 is 1.58. The van der Waals surface area contributed by atoms with E-state index in [0.29, 0.717) is 10.5 Å². The summed E-state index contributed by atoms with van der Waals surface area (Å²) in [6.07, 6.45) is 1.52. The molecule has 0 bridgehead atoms. The van der Waals surface area contributed by atoms with E-state index >= 15 is 0 Å². The van der Waals surface area contributed by atoms with Crippen LogP contribution in [0.3, 0.4) is 0 Å². The highest BCUT2D eigenvalue weighted by atomic mass is 35.5. The Balaban J connectivity index is 2.72. The Hall–Kier alpha value is -1.81. The van der Waals surface area contributed by atoms with Crippen molar-refractivity contribution in [2.24, 2.45) is 7.05 Å². The van der Waals surface area contributed by atoms with Gasteiger partial charge in [0.05, 0.1) is 17.4 Å². The number of aromatic nitrogens is 3. The zero-order chi connectivity index (χ0) is 11.3. The van der Waals surface area contributed by atoms with Crippen molar-refractivity contribution in [3.8, 4) is 0 Å². The van der Waals surface area contributed by atoms with Crippen LogP contribution in [0.4, 0.5) is 0 Å². The highest BCUT2D eigenvalue weighted by molar-refractivity contribution is 6.31. The maximum Gasteiger partial charge on any atom is 0.278 e. The molecular weight excluding hydrogens is 226 g/mol. The van der Waals surface area contributed by atoms with Crippen LogP contribution < -0.4 is 5.56 Å². The summed E-state index contributed by atoms with van der Waals surface area (Å²) in [7, 11) is 1.73. The summed E-state index contributed by atoms with van der Waals surface area (Å²) in [6, 6.07) is 5.43. The summed E-state index contributed by atoms with van der Waals surface area (Å²) in [6.45, 7) is 0. The number of aromatic amines is 1. The number of hydrogen-bond acceptors (Lipinski definition) is 2. The zero-order valence-corrected chi connectivity index (χ0v) is 9.25. The van der Waals surface area contributed by atoms with Crippen LogP contribution >= 0.6 is 11.6 Å². The molecule has 0 saturated carbocycles. The lowest BCUT2D eigenvalue weighted by Gasteiger charge is -2.05. The molecule has 0 aliphatic heterocycles. The molecule has 16 heavy (non-hydrogen) atoms. The fraction of sp³-hybridized carbons (Fsp3) is 0.0909. The molecule has 0 radical (unpaired) electrons. The van der Waals surface area contributed by atoms with Gasteiger partial charge in [0.1, 0.15) is 0 Å². The fourth-order valence-corrected chi connectivity index (χ4v) is 2.10. The van der Waals surface area contributed by atoms with Crippen LogP contribution in [-0.4, -0.2) is 14.5 Å². The van der Waals surface area contributed by atoms with E-state index in [1.165, 1.54) is 6.33 Å². The maximum atomic E-state index is 11.9. The minimum absolute atomic E-state index is 0.105.